The van der Waals surface area contributed by atoms with Gasteiger partial charge in [-0.05, 0) is 32.4 Å². The lowest BCUT2D eigenvalue weighted by atomic mass is 9.96. The summed E-state index contributed by atoms with van der Waals surface area (Å²) in [5, 5.41) is 4.00. The number of nitrogens with two attached hydrogens (primary N) is 1. The third kappa shape index (κ3) is 4.02. The lowest BCUT2D eigenvalue weighted by molar-refractivity contribution is -0.123. The molecule has 1 aromatic rings. The average Bonchev–Trinajstić information content (AvgIpc) is 2.84. The van der Waals surface area contributed by atoms with E-state index in [1.54, 1.807) is 0 Å². The monoisotopic (exact) mass is 266 g/mol. The second-order valence-electron chi connectivity index (χ2n) is 5.16. The fourth-order valence-corrected chi connectivity index (χ4v) is 2.36. The van der Waals surface area contributed by atoms with Crippen LogP contribution in [0, 0.1) is 5.92 Å². The van der Waals surface area contributed by atoms with Crippen LogP contribution >= 0.6 is 0 Å². The molecule has 6 nitrogen and oxygen atoms in total. The molecule has 2 rings (SSSR count). The van der Waals surface area contributed by atoms with Gasteiger partial charge in [0.15, 0.2) is 5.82 Å². The Morgan fingerprint density at radius 1 is 1.47 bits per heavy atom. The minimum Gasteiger partial charge on any atom is -0.369 e. The van der Waals surface area contributed by atoms with Gasteiger partial charge in [0.1, 0.15) is 0 Å². The van der Waals surface area contributed by atoms with Crippen LogP contribution in [-0.4, -0.2) is 34.0 Å². The van der Waals surface area contributed by atoms with Gasteiger partial charge >= 0.3 is 0 Å². The molecule has 6 heteroatoms. The summed E-state index contributed by atoms with van der Waals surface area (Å²) in [7, 11) is 0. The van der Waals surface area contributed by atoms with Crippen molar-refractivity contribution in [3.63, 3.8) is 0 Å². The number of nitrogens with zero attached hydrogens (tertiary/aromatic N) is 3. The highest BCUT2D eigenvalue weighted by Crippen LogP contribution is 2.18. The van der Waals surface area contributed by atoms with E-state index in [-0.39, 0.29) is 11.8 Å². The van der Waals surface area contributed by atoms with Crippen LogP contribution in [0.15, 0.2) is 4.52 Å². The number of carbonyl (C=O) groups is 1. The van der Waals surface area contributed by atoms with E-state index in [1.165, 1.54) is 0 Å². The minimum absolute atomic E-state index is 0.0293. The topological polar surface area (TPSA) is 85.3 Å². The van der Waals surface area contributed by atoms with Crippen LogP contribution in [0.2, 0.25) is 0 Å². The predicted molar refractivity (Wildman–Crippen MR) is 70.1 cm³/mol. The summed E-state index contributed by atoms with van der Waals surface area (Å²) >= 11 is 0. The molecule has 1 aliphatic rings. The molecule has 0 bridgehead atoms. The number of aromatic nitrogens is 2. The standard InChI is InChI=1S/C13H22N4O2/c1-2-3-4-12-15-11(16-19-12)9-17-7-5-10(6-8-17)13(14)18/h10H,2-9H2,1H3,(H2,14,18). The third-order valence-electron chi connectivity index (χ3n) is 3.61. The molecule has 0 aromatic carbocycles. The van der Waals surface area contributed by atoms with E-state index in [0.29, 0.717) is 6.54 Å². The summed E-state index contributed by atoms with van der Waals surface area (Å²) in [4.78, 5) is 17.7. The zero-order valence-corrected chi connectivity index (χ0v) is 11.5. The zero-order valence-electron chi connectivity index (χ0n) is 11.5. The number of primary amides is 1. The molecule has 0 spiro atoms. The van der Waals surface area contributed by atoms with E-state index in [4.69, 9.17) is 10.3 Å². The van der Waals surface area contributed by atoms with E-state index in [0.717, 1.165) is 56.9 Å². The highest BCUT2D eigenvalue weighted by molar-refractivity contribution is 5.76. The summed E-state index contributed by atoms with van der Waals surface area (Å²) in [6.45, 7) is 4.57. The summed E-state index contributed by atoms with van der Waals surface area (Å²) in [5.74, 6) is 1.31. The molecule has 1 amide bonds. The van der Waals surface area contributed by atoms with Crippen molar-refractivity contribution in [1.82, 2.24) is 15.0 Å². The molecule has 106 valence electrons. The molecule has 1 fully saturated rings. The maximum absolute atomic E-state index is 11.1. The molecule has 0 atom stereocenters. The van der Waals surface area contributed by atoms with Gasteiger partial charge in [0.2, 0.25) is 11.8 Å². The van der Waals surface area contributed by atoms with Crippen molar-refractivity contribution in [2.75, 3.05) is 13.1 Å². The first-order chi connectivity index (χ1) is 9.19. The van der Waals surface area contributed by atoms with Crippen molar-refractivity contribution in [1.29, 1.82) is 0 Å². The molecule has 0 unspecified atom stereocenters. The molecular weight excluding hydrogens is 244 g/mol. The number of aryl methyl sites for hydroxylation is 1. The Morgan fingerprint density at radius 3 is 2.84 bits per heavy atom. The molecule has 2 N–H and O–H groups in total. The first-order valence-electron chi connectivity index (χ1n) is 7.02. The molecular formula is C13H22N4O2. The molecule has 1 aliphatic heterocycles. The molecule has 1 saturated heterocycles. The molecule has 1 aromatic heterocycles. The second kappa shape index (κ2) is 6.65. The molecule has 2 heterocycles. The van der Waals surface area contributed by atoms with Crippen molar-refractivity contribution < 1.29 is 9.32 Å². The van der Waals surface area contributed by atoms with Crippen LogP contribution in [0.25, 0.3) is 0 Å². The van der Waals surface area contributed by atoms with Gasteiger partial charge in [-0.3, -0.25) is 9.69 Å². The summed E-state index contributed by atoms with van der Waals surface area (Å²) < 4.78 is 5.21. The van der Waals surface area contributed by atoms with Crippen molar-refractivity contribution >= 4 is 5.91 Å². The molecule has 0 saturated carbocycles. The Kier molecular flexibility index (Phi) is 4.90. The van der Waals surface area contributed by atoms with E-state index in [9.17, 15) is 4.79 Å². The number of hydrogen-bond acceptors (Lipinski definition) is 5. The van der Waals surface area contributed by atoms with Crippen LogP contribution in [0.5, 0.6) is 0 Å². The van der Waals surface area contributed by atoms with Crippen molar-refractivity contribution in [3.8, 4) is 0 Å². The summed E-state index contributed by atoms with van der Waals surface area (Å²) in [5.41, 5.74) is 5.32. The first kappa shape index (κ1) is 14.0. The predicted octanol–water partition coefficient (Wildman–Crippen LogP) is 1.11. The SMILES string of the molecule is CCCCc1nc(CN2CCC(C(N)=O)CC2)no1. The van der Waals surface area contributed by atoms with E-state index < -0.39 is 0 Å². The van der Waals surface area contributed by atoms with Crippen LogP contribution in [0.4, 0.5) is 0 Å². The van der Waals surface area contributed by atoms with Gasteiger partial charge in [-0.1, -0.05) is 18.5 Å². The van der Waals surface area contributed by atoms with Crippen molar-refractivity contribution in [2.24, 2.45) is 11.7 Å². The number of rotatable bonds is 6. The fraction of sp³-hybridized carbons (Fsp3) is 0.769. The van der Waals surface area contributed by atoms with Gasteiger partial charge in [-0.15, -0.1) is 0 Å². The van der Waals surface area contributed by atoms with Crippen LogP contribution in [0.3, 0.4) is 0 Å². The highest BCUT2D eigenvalue weighted by atomic mass is 16.5. The fourth-order valence-electron chi connectivity index (χ4n) is 2.36. The normalized spacial score (nSPS) is 17.7. The van der Waals surface area contributed by atoms with Gasteiger partial charge in [0.25, 0.3) is 0 Å². The van der Waals surface area contributed by atoms with Crippen LogP contribution in [-0.2, 0) is 17.8 Å². The molecule has 0 aliphatic carbocycles. The quantitative estimate of drug-likeness (QED) is 0.833. The van der Waals surface area contributed by atoms with Crippen molar-refractivity contribution in [3.05, 3.63) is 11.7 Å². The van der Waals surface area contributed by atoms with Gasteiger partial charge < -0.3 is 10.3 Å². The second-order valence-corrected chi connectivity index (χ2v) is 5.16. The molecule has 19 heavy (non-hydrogen) atoms. The van der Waals surface area contributed by atoms with E-state index >= 15 is 0 Å². The smallest absolute Gasteiger partial charge is 0.226 e. The number of carbonyl (C=O) groups excluding carboxylic acids is 1. The molecule has 0 radical (unpaired) electrons. The largest absolute Gasteiger partial charge is 0.369 e. The van der Waals surface area contributed by atoms with Crippen molar-refractivity contribution in [2.45, 2.75) is 45.6 Å². The third-order valence-corrected chi connectivity index (χ3v) is 3.61. The lowest BCUT2D eigenvalue weighted by Gasteiger charge is -2.29. The van der Waals surface area contributed by atoms with Crippen LogP contribution in [0.1, 0.15) is 44.3 Å². The van der Waals surface area contributed by atoms with Gasteiger partial charge in [-0.25, -0.2) is 0 Å². The van der Waals surface area contributed by atoms with Gasteiger partial charge in [0, 0.05) is 12.3 Å². The van der Waals surface area contributed by atoms with Gasteiger partial charge in [-0.2, -0.15) is 4.98 Å². The van der Waals surface area contributed by atoms with E-state index in [2.05, 4.69) is 22.0 Å². The van der Waals surface area contributed by atoms with Crippen LogP contribution < -0.4 is 5.73 Å². The Morgan fingerprint density at radius 2 is 2.21 bits per heavy atom. The summed E-state index contributed by atoms with van der Waals surface area (Å²) in [6, 6.07) is 0. The van der Waals surface area contributed by atoms with E-state index in [1.807, 2.05) is 0 Å². The minimum atomic E-state index is -0.180. The Labute approximate surface area is 113 Å². The maximum Gasteiger partial charge on any atom is 0.226 e. The number of piperidine rings is 1. The Bertz CT molecular complexity index is 411. The maximum atomic E-state index is 11.1. The lowest BCUT2D eigenvalue weighted by Crippen LogP contribution is -2.38. The number of hydrogen-bond donors (Lipinski definition) is 1. The first-order valence-corrected chi connectivity index (χ1v) is 7.02. The number of amides is 1. The van der Waals surface area contributed by atoms with Gasteiger partial charge in [0.05, 0.1) is 6.54 Å². The Balaban J connectivity index is 1.79. The highest BCUT2D eigenvalue weighted by Gasteiger charge is 2.23. The Hall–Kier alpha value is -1.43. The number of unbranched alkanes of at least 4 members (excludes halogenated alkanes) is 1. The summed E-state index contributed by atoms with van der Waals surface area (Å²) in [6.07, 6.45) is 4.71. The number of likely N-dealkylation sites (tertiary alicyclic amines) is 1. The average molecular weight is 266 g/mol. The zero-order chi connectivity index (χ0) is 13.7.